The minimum atomic E-state index is -1.47. The van der Waals surface area contributed by atoms with E-state index in [1.165, 1.54) is 36.7 Å². The molecule has 8 N–H and O–H groups in total. The Kier molecular flexibility index (Phi) is 15.0. The summed E-state index contributed by atoms with van der Waals surface area (Å²) >= 11 is 0. The van der Waals surface area contributed by atoms with Gasteiger partial charge in [0.1, 0.15) is 24.2 Å². The van der Waals surface area contributed by atoms with E-state index >= 15 is 0 Å². The lowest BCUT2D eigenvalue weighted by molar-refractivity contribution is -0.139. The molecule has 54 heavy (non-hydrogen) atoms. The van der Waals surface area contributed by atoms with Crippen molar-refractivity contribution < 1.29 is 58.8 Å². The van der Waals surface area contributed by atoms with E-state index in [0.717, 1.165) is 61.6 Å². The molecule has 0 spiro atoms. The summed E-state index contributed by atoms with van der Waals surface area (Å²) < 4.78 is 0. The standard InChI is InChI=1S/C31H29N7O12S4/c39-24-14-1-3-33-18(6-14)19-7-15(2-4-34-19)25(40)36-21(29(45)46)11-52-54-13-23(31(49)50)38-27(42)17-5-16(8-32-9-17)26(41)37-22(30(47)48)12-53-51-10-20(35-24)28(43)44/h1-9,20-23H,10-13H2,(H,35,39)(H,36,40)(H,37,41)(H,38,42)(H,43,44)(H,45,46)(H,47,48)(H,49,50)/t20-,21-,22-,23-/m0/s1. The normalized spacial score (nSPS) is 21.0. The molecule has 4 rings (SSSR count). The third-order valence-corrected chi connectivity index (χ3v) is 11.9. The van der Waals surface area contributed by atoms with E-state index in [4.69, 9.17) is 0 Å². The first-order valence-corrected chi connectivity index (χ1v) is 20.2. The molecule has 0 saturated carbocycles. The first-order chi connectivity index (χ1) is 25.7. The van der Waals surface area contributed by atoms with Gasteiger partial charge in [-0.2, -0.15) is 0 Å². The SMILES string of the molecule is O=C1N[C@H](C(=O)O)CSSC[C@@H](C(=O)O)NC(=O)c2ccnc(c2)-c2cc(ccn2)C(=O)N[C@H](C(=O)O)CSSC[C@@H](C(=O)O)NC(=O)c2cncc1c2. The van der Waals surface area contributed by atoms with Gasteiger partial charge in [0.15, 0.2) is 0 Å². The average Bonchev–Trinajstić information content (AvgIpc) is 3.15. The Morgan fingerprint density at radius 1 is 0.500 bits per heavy atom. The zero-order valence-electron chi connectivity index (χ0n) is 27.4. The first kappa shape index (κ1) is 41.4. The topological polar surface area (TPSA) is 304 Å². The van der Waals surface area contributed by atoms with Crippen molar-refractivity contribution in [2.45, 2.75) is 24.2 Å². The van der Waals surface area contributed by atoms with Gasteiger partial charge in [0.05, 0.1) is 22.5 Å². The first-order valence-electron chi connectivity index (χ1n) is 15.2. The molecule has 4 amide bonds. The molecule has 19 nitrogen and oxygen atoms in total. The predicted molar refractivity (Wildman–Crippen MR) is 197 cm³/mol. The van der Waals surface area contributed by atoms with E-state index in [9.17, 15) is 58.8 Å². The Morgan fingerprint density at radius 2 is 0.796 bits per heavy atom. The highest BCUT2D eigenvalue weighted by Gasteiger charge is 2.27. The minimum absolute atomic E-state index is 0.000711. The fourth-order valence-electron chi connectivity index (χ4n) is 4.24. The van der Waals surface area contributed by atoms with Crippen molar-refractivity contribution in [1.29, 1.82) is 0 Å². The molecule has 6 bridgehead atoms. The van der Waals surface area contributed by atoms with Gasteiger partial charge in [-0.15, -0.1) is 0 Å². The number of carbonyl (C=O) groups is 8. The van der Waals surface area contributed by atoms with Gasteiger partial charge in [-0.3, -0.25) is 34.1 Å². The van der Waals surface area contributed by atoms with Crippen LogP contribution in [0.25, 0.3) is 11.4 Å². The third-order valence-electron chi connectivity index (χ3n) is 7.09. The lowest BCUT2D eigenvalue weighted by atomic mass is 10.1. The summed E-state index contributed by atoms with van der Waals surface area (Å²) in [5.74, 6) is -9.91. The van der Waals surface area contributed by atoms with Gasteiger partial charge in [0, 0.05) is 58.9 Å². The molecule has 4 heterocycles. The van der Waals surface area contributed by atoms with Crippen LogP contribution in [0.1, 0.15) is 41.4 Å². The number of aromatic nitrogens is 3. The summed E-state index contributed by atoms with van der Waals surface area (Å²) in [6.45, 7) is 0. The van der Waals surface area contributed by atoms with Gasteiger partial charge in [0.2, 0.25) is 0 Å². The van der Waals surface area contributed by atoms with Crippen molar-refractivity contribution in [2.75, 3.05) is 23.0 Å². The maximum Gasteiger partial charge on any atom is 0.327 e. The van der Waals surface area contributed by atoms with Crippen LogP contribution < -0.4 is 21.3 Å². The van der Waals surface area contributed by atoms with Gasteiger partial charge >= 0.3 is 23.9 Å². The highest BCUT2D eigenvalue weighted by atomic mass is 33.1. The number of nitrogens with zero attached hydrogens (tertiary/aromatic N) is 3. The fourth-order valence-corrected chi connectivity index (χ4v) is 8.86. The fraction of sp³-hybridized carbons (Fsp3) is 0.258. The lowest BCUT2D eigenvalue weighted by Crippen LogP contribution is -2.44. The molecule has 4 atom stereocenters. The number of rotatable bonds is 4. The molecule has 0 aliphatic carbocycles. The molecule has 3 aromatic heterocycles. The van der Waals surface area contributed by atoms with E-state index in [2.05, 4.69) is 36.2 Å². The quantitative estimate of drug-likeness (QED) is 0.168. The zero-order chi connectivity index (χ0) is 39.4. The average molecular weight is 820 g/mol. The number of carboxylic acid groups (broad SMARTS) is 4. The van der Waals surface area contributed by atoms with Gasteiger partial charge < -0.3 is 41.7 Å². The Morgan fingerprint density at radius 3 is 1.09 bits per heavy atom. The van der Waals surface area contributed by atoms with Crippen molar-refractivity contribution in [2.24, 2.45) is 0 Å². The number of carbonyl (C=O) groups excluding carboxylic acids is 4. The maximum absolute atomic E-state index is 13.1. The Hall–Kier alpha value is -5.39. The Bertz CT molecular complexity index is 1820. The van der Waals surface area contributed by atoms with E-state index < -0.39 is 71.7 Å². The highest BCUT2D eigenvalue weighted by molar-refractivity contribution is 8.77. The molecule has 284 valence electrons. The van der Waals surface area contributed by atoms with E-state index in [1.807, 2.05) is 0 Å². The summed E-state index contributed by atoms with van der Waals surface area (Å²) in [6, 6.07) is 0.540. The highest BCUT2D eigenvalue weighted by Crippen LogP contribution is 2.25. The van der Waals surface area contributed by atoms with Crippen molar-refractivity contribution in [3.63, 3.8) is 0 Å². The van der Waals surface area contributed by atoms with Gasteiger partial charge in [-0.1, -0.05) is 43.2 Å². The van der Waals surface area contributed by atoms with Crippen LogP contribution in [0.4, 0.5) is 0 Å². The smallest absolute Gasteiger partial charge is 0.327 e. The predicted octanol–water partition coefficient (Wildman–Crippen LogP) is 0.747. The van der Waals surface area contributed by atoms with Crippen molar-refractivity contribution in [3.05, 3.63) is 77.4 Å². The summed E-state index contributed by atoms with van der Waals surface area (Å²) in [4.78, 5) is 112. The molecule has 1 aliphatic heterocycles. The molecule has 0 aromatic carbocycles. The number of nitrogens with one attached hydrogen (secondary N) is 4. The maximum atomic E-state index is 13.1. The number of pyridine rings is 3. The van der Waals surface area contributed by atoms with Crippen LogP contribution >= 0.6 is 43.2 Å². The summed E-state index contributed by atoms with van der Waals surface area (Å²) in [6.07, 6.45) is 4.66. The molecular formula is C31H29N7O12S4. The molecule has 3 aromatic rings. The van der Waals surface area contributed by atoms with E-state index in [0.29, 0.717) is 0 Å². The number of carboxylic acids is 4. The molecule has 0 fully saturated rings. The van der Waals surface area contributed by atoms with Crippen LogP contribution in [0.5, 0.6) is 0 Å². The molecule has 23 heteroatoms. The summed E-state index contributed by atoms with van der Waals surface area (Å²) in [5.41, 5.74) is -0.181. The number of fused-ring (bicyclic) bond motifs is 7. The van der Waals surface area contributed by atoms with Crippen LogP contribution in [-0.2, 0) is 19.2 Å². The van der Waals surface area contributed by atoms with Crippen LogP contribution in [0.3, 0.4) is 0 Å². The second-order valence-corrected chi connectivity index (χ2v) is 16.0. The third kappa shape index (κ3) is 11.8. The molecule has 0 radical (unpaired) electrons. The van der Waals surface area contributed by atoms with Gasteiger partial charge in [-0.05, 0) is 30.3 Å². The molecule has 0 saturated heterocycles. The number of amides is 4. The van der Waals surface area contributed by atoms with E-state index in [1.54, 1.807) is 0 Å². The minimum Gasteiger partial charge on any atom is -0.480 e. The molecular weight excluding hydrogens is 791 g/mol. The van der Waals surface area contributed by atoms with Crippen LogP contribution in [0, 0.1) is 0 Å². The zero-order valence-corrected chi connectivity index (χ0v) is 30.6. The van der Waals surface area contributed by atoms with Crippen molar-refractivity contribution >= 4 is 90.7 Å². The van der Waals surface area contributed by atoms with Gasteiger partial charge in [-0.25, -0.2) is 19.2 Å². The Balaban J connectivity index is 1.60. The second-order valence-electron chi connectivity index (χ2n) is 10.9. The number of hydrogen-bond donors (Lipinski definition) is 8. The van der Waals surface area contributed by atoms with Crippen LogP contribution in [0.2, 0.25) is 0 Å². The molecule has 0 unspecified atom stereocenters. The summed E-state index contributed by atoms with van der Waals surface area (Å²) in [7, 11) is 3.67. The van der Waals surface area contributed by atoms with E-state index in [-0.39, 0.29) is 56.7 Å². The number of aliphatic carboxylic acids is 4. The lowest BCUT2D eigenvalue weighted by Gasteiger charge is -2.17. The van der Waals surface area contributed by atoms with Crippen molar-refractivity contribution in [1.82, 2.24) is 36.2 Å². The summed E-state index contributed by atoms with van der Waals surface area (Å²) in [5, 5.41) is 48.2. The molecule has 1 aliphatic rings. The van der Waals surface area contributed by atoms with Gasteiger partial charge in [0.25, 0.3) is 23.6 Å². The monoisotopic (exact) mass is 819 g/mol. The largest absolute Gasteiger partial charge is 0.480 e. The van der Waals surface area contributed by atoms with Crippen LogP contribution in [-0.4, -0.2) is 130 Å². The van der Waals surface area contributed by atoms with Crippen molar-refractivity contribution in [3.8, 4) is 11.4 Å². The second kappa shape index (κ2) is 19.6. The number of hydrogen-bond acceptors (Lipinski definition) is 15. The van der Waals surface area contributed by atoms with Crippen LogP contribution in [0.15, 0.2) is 55.1 Å². The Labute approximate surface area is 320 Å².